The fourth-order valence-electron chi connectivity index (χ4n) is 3.31. The van der Waals surface area contributed by atoms with E-state index in [1.54, 1.807) is 0 Å². The first-order valence-electron chi connectivity index (χ1n) is 7.29. The largest absolute Gasteiger partial charge is 0.311 e. The maximum Gasteiger partial charge on any atom is 0.0841 e. The molecule has 0 amide bonds. The highest BCUT2D eigenvalue weighted by atomic mass is 15.3. The first-order valence-corrected chi connectivity index (χ1v) is 7.29. The molecule has 1 aliphatic rings. The van der Waals surface area contributed by atoms with Crippen LogP contribution >= 0.6 is 0 Å². The lowest BCUT2D eigenvalue weighted by Gasteiger charge is -2.23. The summed E-state index contributed by atoms with van der Waals surface area (Å²) in [5, 5.41) is 9.52. The lowest BCUT2D eigenvalue weighted by Crippen LogP contribution is -2.29. The number of hydrogen-bond donors (Lipinski definition) is 1. The quantitative estimate of drug-likeness (QED) is 0.911. The van der Waals surface area contributed by atoms with E-state index in [1.165, 1.54) is 42.3 Å². The van der Waals surface area contributed by atoms with Crippen molar-refractivity contribution >= 4 is 10.9 Å². The van der Waals surface area contributed by atoms with Gasteiger partial charge in [-0.1, -0.05) is 38.0 Å². The topological polar surface area (TPSA) is 29.9 Å². The lowest BCUT2D eigenvalue weighted by molar-refractivity contribution is 0.314. The van der Waals surface area contributed by atoms with Gasteiger partial charge in [-0.3, -0.25) is 4.68 Å². The molecule has 102 valence electrons. The van der Waals surface area contributed by atoms with Gasteiger partial charge in [0.25, 0.3) is 0 Å². The molecule has 3 nitrogen and oxygen atoms in total. The Morgan fingerprint density at radius 3 is 2.79 bits per heavy atom. The molecule has 1 fully saturated rings. The predicted octanol–water partition coefficient (Wildman–Crippen LogP) is 3.24. The average molecular weight is 257 g/mol. The molecule has 0 spiro atoms. The highest BCUT2D eigenvalue weighted by Gasteiger charge is 2.27. The lowest BCUT2D eigenvalue weighted by atomic mass is 9.89. The van der Waals surface area contributed by atoms with E-state index >= 15 is 0 Å². The van der Waals surface area contributed by atoms with E-state index in [0.29, 0.717) is 5.41 Å². The monoisotopic (exact) mass is 257 g/mol. The van der Waals surface area contributed by atoms with E-state index in [2.05, 4.69) is 41.6 Å². The number of hydrogen-bond acceptors (Lipinski definition) is 2. The van der Waals surface area contributed by atoms with Crippen LogP contribution in [0.25, 0.3) is 10.9 Å². The van der Waals surface area contributed by atoms with Gasteiger partial charge in [0, 0.05) is 25.5 Å². The smallest absolute Gasteiger partial charge is 0.0841 e. The third-order valence-electron chi connectivity index (χ3n) is 4.49. The molecule has 0 saturated heterocycles. The van der Waals surface area contributed by atoms with Crippen molar-refractivity contribution in [1.82, 2.24) is 15.1 Å². The van der Waals surface area contributed by atoms with Crippen LogP contribution < -0.4 is 5.32 Å². The molecule has 1 aromatic heterocycles. The van der Waals surface area contributed by atoms with Gasteiger partial charge in [0.05, 0.1) is 11.2 Å². The zero-order chi connectivity index (χ0) is 13.3. The molecule has 19 heavy (non-hydrogen) atoms. The Morgan fingerprint density at radius 1 is 1.26 bits per heavy atom. The minimum absolute atomic E-state index is 0.505. The van der Waals surface area contributed by atoms with Crippen molar-refractivity contribution in [2.75, 3.05) is 6.54 Å². The number of benzene rings is 1. The minimum Gasteiger partial charge on any atom is -0.311 e. The summed E-state index contributed by atoms with van der Waals surface area (Å²) in [6, 6.07) is 8.45. The summed E-state index contributed by atoms with van der Waals surface area (Å²) in [6.07, 6.45) is 5.52. The number of aryl methyl sites for hydroxylation is 1. The summed E-state index contributed by atoms with van der Waals surface area (Å²) in [5.74, 6) is 0. The van der Waals surface area contributed by atoms with Gasteiger partial charge in [-0.15, -0.1) is 0 Å². The SMILES string of the molecule is Cn1nc(CNCC2(C)CCCC2)c2ccccc21. The van der Waals surface area contributed by atoms with Crippen LogP contribution in [0.15, 0.2) is 24.3 Å². The fraction of sp³-hybridized carbons (Fsp3) is 0.562. The molecule has 1 saturated carbocycles. The fourth-order valence-corrected chi connectivity index (χ4v) is 3.31. The third-order valence-corrected chi connectivity index (χ3v) is 4.49. The number of nitrogens with one attached hydrogen (secondary N) is 1. The van der Waals surface area contributed by atoms with E-state index in [1.807, 2.05) is 11.7 Å². The van der Waals surface area contributed by atoms with Gasteiger partial charge in [-0.25, -0.2) is 0 Å². The van der Waals surface area contributed by atoms with E-state index in [4.69, 9.17) is 0 Å². The second kappa shape index (κ2) is 4.97. The van der Waals surface area contributed by atoms with Crippen molar-refractivity contribution in [3.63, 3.8) is 0 Å². The van der Waals surface area contributed by atoms with Gasteiger partial charge < -0.3 is 5.32 Å². The minimum atomic E-state index is 0.505. The molecule has 1 N–H and O–H groups in total. The van der Waals surface area contributed by atoms with Crippen molar-refractivity contribution in [2.24, 2.45) is 12.5 Å². The summed E-state index contributed by atoms with van der Waals surface area (Å²) in [4.78, 5) is 0. The molecule has 0 unspecified atom stereocenters. The summed E-state index contributed by atoms with van der Waals surface area (Å²) in [5.41, 5.74) is 2.89. The maximum absolute atomic E-state index is 4.63. The van der Waals surface area contributed by atoms with Crippen LogP contribution in [0.3, 0.4) is 0 Å². The van der Waals surface area contributed by atoms with Crippen molar-refractivity contribution < 1.29 is 0 Å². The Bertz CT molecular complexity index is 564. The van der Waals surface area contributed by atoms with Gasteiger partial charge in [0.15, 0.2) is 0 Å². The molecule has 1 aliphatic carbocycles. The predicted molar refractivity (Wildman–Crippen MR) is 79.0 cm³/mol. The maximum atomic E-state index is 4.63. The first-order chi connectivity index (χ1) is 9.18. The number of fused-ring (bicyclic) bond motifs is 1. The van der Waals surface area contributed by atoms with Crippen LogP contribution in [0.4, 0.5) is 0 Å². The second-order valence-electron chi connectivity index (χ2n) is 6.21. The third kappa shape index (κ3) is 2.52. The number of aromatic nitrogens is 2. The molecular weight excluding hydrogens is 234 g/mol. The summed E-state index contributed by atoms with van der Waals surface area (Å²) >= 11 is 0. The van der Waals surface area contributed by atoms with E-state index < -0.39 is 0 Å². The molecule has 3 heteroatoms. The Labute approximate surface area is 115 Å². The van der Waals surface area contributed by atoms with Crippen LogP contribution in [0.2, 0.25) is 0 Å². The molecule has 0 radical (unpaired) electrons. The van der Waals surface area contributed by atoms with Crippen LogP contribution in [-0.4, -0.2) is 16.3 Å². The van der Waals surface area contributed by atoms with Gasteiger partial charge in [0.1, 0.15) is 0 Å². The molecule has 1 heterocycles. The summed E-state index contributed by atoms with van der Waals surface area (Å²) in [7, 11) is 2.02. The van der Waals surface area contributed by atoms with Crippen molar-refractivity contribution in [3.8, 4) is 0 Å². The molecule has 2 aromatic rings. The molecule has 1 aromatic carbocycles. The normalized spacial score (nSPS) is 18.2. The van der Waals surface area contributed by atoms with Crippen molar-refractivity contribution in [1.29, 1.82) is 0 Å². The molecular formula is C16H23N3. The van der Waals surface area contributed by atoms with Crippen LogP contribution in [0.5, 0.6) is 0 Å². The zero-order valence-corrected chi connectivity index (χ0v) is 11.9. The van der Waals surface area contributed by atoms with Gasteiger partial charge in [0.2, 0.25) is 0 Å². The second-order valence-corrected chi connectivity index (χ2v) is 6.21. The highest BCUT2D eigenvalue weighted by Crippen LogP contribution is 2.36. The Morgan fingerprint density at radius 2 is 2.00 bits per heavy atom. The molecule has 0 bridgehead atoms. The van der Waals surface area contributed by atoms with Crippen molar-refractivity contribution in [2.45, 2.75) is 39.2 Å². The Balaban J connectivity index is 1.68. The van der Waals surface area contributed by atoms with E-state index in [0.717, 1.165) is 13.1 Å². The Hall–Kier alpha value is -1.35. The number of nitrogens with zero attached hydrogens (tertiary/aromatic N) is 2. The average Bonchev–Trinajstić information content (AvgIpc) is 2.96. The first kappa shape index (κ1) is 12.7. The summed E-state index contributed by atoms with van der Waals surface area (Å²) in [6.45, 7) is 4.39. The van der Waals surface area contributed by atoms with Crippen LogP contribution in [0, 0.1) is 5.41 Å². The number of para-hydroxylation sites is 1. The van der Waals surface area contributed by atoms with Gasteiger partial charge >= 0.3 is 0 Å². The van der Waals surface area contributed by atoms with Crippen LogP contribution in [-0.2, 0) is 13.6 Å². The Kier molecular flexibility index (Phi) is 3.31. The van der Waals surface area contributed by atoms with E-state index in [9.17, 15) is 0 Å². The number of rotatable bonds is 4. The standard InChI is InChI=1S/C16H23N3/c1-16(9-5-6-10-16)12-17-11-14-13-7-3-4-8-15(13)19(2)18-14/h3-4,7-8,17H,5-6,9-12H2,1-2H3. The van der Waals surface area contributed by atoms with Gasteiger partial charge in [-0.05, 0) is 24.3 Å². The molecule has 0 atom stereocenters. The molecule has 0 aliphatic heterocycles. The highest BCUT2D eigenvalue weighted by molar-refractivity contribution is 5.81. The summed E-state index contributed by atoms with van der Waals surface area (Å²) < 4.78 is 1.98. The molecule has 3 rings (SSSR count). The van der Waals surface area contributed by atoms with Gasteiger partial charge in [-0.2, -0.15) is 5.10 Å². The van der Waals surface area contributed by atoms with E-state index in [-0.39, 0.29) is 0 Å². The zero-order valence-electron chi connectivity index (χ0n) is 11.9. The van der Waals surface area contributed by atoms with Crippen LogP contribution in [0.1, 0.15) is 38.3 Å². The van der Waals surface area contributed by atoms with Crippen molar-refractivity contribution in [3.05, 3.63) is 30.0 Å².